The summed E-state index contributed by atoms with van der Waals surface area (Å²) in [7, 11) is -6.39. The molecule has 1 aromatic heterocycles. The van der Waals surface area contributed by atoms with Crippen molar-refractivity contribution >= 4 is 48.8 Å². The zero-order chi connectivity index (χ0) is 31.9. The number of rotatable bonds is 14. The van der Waals surface area contributed by atoms with E-state index in [-0.39, 0.29) is 42.0 Å². The van der Waals surface area contributed by atoms with Gasteiger partial charge in [-0.15, -0.1) is 0 Å². The molecule has 0 aliphatic heterocycles. The molecule has 3 atom stereocenters. The molecule has 0 spiro atoms. The van der Waals surface area contributed by atoms with E-state index in [1.54, 1.807) is 12.1 Å². The molecule has 13 nitrogen and oxygen atoms in total. The Morgan fingerprint density at radius 1 is 1.05 bits per heavy atom. The molecule has 0 fully saturated rings. The van der Waals surface area contributed by atoms with Crippen LogP contribution in [0.2, 0.25) is 0 Å². The molecular formula is C28H39N5O8S2. The van der Waals surface area contributed by atoms with Crippen molar-refractivity contribution in [3.8, 4) is 0 Å². The number of imidazole rings is 1. The Morgan fingerprint density at radius 2 is 1.72 bits per heavy atom. The Balaban J connectivity index is 1.90. The summed E-state index contributed by atoms with van der Waals surface area (Å²) in [6.07, 6.45) is -0.856. The number of fused-ring (bicyclic) bond motifs is 1. The number of aliphatic hydroxyl groups is 1. The minimum atomic E-state index is -4.15. The number of methoxy groups -OCH3 is 1. The minimum Gasteiger partial charge on any atom is -0.453 e. The average Bonchev–Trinajstić information content (AvgIpc) is 3.33. The van der Waals surface area contributed by atoms with E-state index in [0.29, 0.717) is 11.0 Å². The second-order valence-electron chi connectivity index (χ2n) is 11.0. The lowest BCUT2D eigenvalue weighted by Crippen LogP contribution is -2.52. The number of H-pyrrole nitrogens is 1. The number of anilines is 1. The molecule has 0 saturated carbocycles. The van der Waals surface area contributed by atoms with Crippen molar-refractivity contribution in [2.75, 3.05) is 37.5 Å². The molecule has 0 aliphatic carbocycles. The third-order valence-electron chi connectivity index (χ3n) is 6.55. The van der Waals surface area contributed by atoms with Crippen molar-refractivity contribution in [2.45, 2.75) is 44.2 Å². The van der Waals surface area contributed by atoms with Crippen molar-refractivity contribution in [3.05, 3.63) is 54.1 Å². The van der Waals surface area contributed by atoms with Crippen LogP contribution in [0.15, 0.2) is 53.4 Å². The van der Waals surface area contributed by atoms with Crippen molar-refractivity contribution in [2.24, 2.45) is 11.8 Å². The molecule has 0 aliphatic rings. The number of hydrogen-bond donors (Lipinski definition) is 4. The Kier molecular flexibility index (Phi) is 11.3. The number of carbonyl (C=O) groups is 2. The normalized spacial score (nSPS) is 14.4. The maximum Gasteiger partial charge on any atom is 0.413 e. The van der Waals surface area contributed by atoms with Crippen LogP contribution in [0.3, 0.4) is 0 Å². The first-order valence-corrected chi connectivity index (χ1v) is 17.1. The number of benzene rings is 2. The summed E-state index contributed by atoms with van der Waals surface area (Å²) < 4.78 is 57.0. The lowest BCUT2D eigenvalue weighted by atomic mass is 10.00. The summed E-state index contributed by atoms with van der Waals surface area (Å²) in [4.78, 5) is 31.5. The average molecular weight is 638 g/mol. The molecule has 0 radical (unpaired) electrons. The Morgan fingerprint density at radius 3 is 2.33 bits per heavy atom. The van der Waals surface area contributed by atoms with Gasteiger partial charge in [0.25, 0.3) is 0 Å². The molecule has 0 saturated heterocycles. The molecule has 1 heterocycles. The monoisotopic (exact) mass is 637 g/mol. The molecule has 2 amide bonds. The van der Waals surface area contributed by atoms with Crippen LogP contribution in [0.4, 0.5) is 10.7 Å². The smallest absolute Gasteiger partial charge is 0.413 e. The fourth-order valence-corrected chi connectivity index (χ4v) is 7.23. The number of aliphatic hydroxyl groups excluding tert-OH is 1. The lowest BCUT2D eigenvalue weighted by molar-refractivity contribution is -0.125. The van der Waals surface area contributed by atoms with Gasteiger partial charge in [0.05, 0.1) is 40.9 Å². The zero-order valence-corrected chi connectivity index (χ0v) is 26.4. The SMILES string of the molecule is COC(=O)Nc1nc2ccc(S(=O)(=O)N(CC(C)C)CC(O)[C@H](Cc3ccccc3)NC(=O)[C@H](C)CS(C)(=O)=O)cc2[nH]1. The number of nitrogens with one attached hydrogen (secondary N) is 3. The van der Waals surface area contributed by atoms with Crippen LogP contribution in [0.1, 0.15) is 26.3 Å². The van der Waals surface area contributed by atoms with Crippen molar-refractivity contribution < 1.29 is 36.3 Å². The quantitative estimate of drug-likeness (QED) is 0.205. The number of amides is 2. The molecule has 4 N–H and O–H groups in total. The third-order valence-corrected chi connectivity index (χ3v) is 9.48. The standard InChI is InChI=1S/C28H39N5O8S2/c1-18(2)15-33(43(39,40)21-11-12-22-23(14-21)31-27(30-22)32-28(36)41-4)16-25(34)24(13-20-9-7-6-8-10-20)29-26(35)19(3)17-42(5,37)38/h6-12,14,18-19,24-25,34H,13,15-17H2,1-5H3,(H,29,35)(H2,30,31,32,36)/t19-,24+,25?/m1/s1. The summed E-state index contributed by atoms with van der Waals surface area (Å²) in [5, 5.41) is 16.5. The molecule has 3 aromatic rings. The Bertz CT molecular complexity index is 1620. The Labute approximate surface area is 252 Å². The first kappa shape index (κ1) is 34.0. The summed E-state index contributed by atoms with van der Waals surface area (Å²) in [6, 6.07) is 12.4. The van der Waals surface area contributed by atoms with Crippen molar-refractivity contribution in [1.82, 2.24) is 19.6 Å². The fraction of sp³-hybridized carbons (Fsp3) is 0.464. The fourth-order valence-electron chi connectivity index (χ4n) is 4.53. The van der Waals surface area contributed by atoms with Crippen LogP contribution in [0, 0.1) is 11.8 Å². The van der Waals surface area contributed by atoms with Crippen LogP contribution >= 0.6 is 0 Å². The van der Waals surface area contributed by atoms with Gasteiger partial charge in [-0.05, 0) is 36.1 Å². The van der Waals surface area contributed by atoms with Crippen molar-refractivity contribution in [3.63, 3.8) is 0 Å². The number of carbonyl (C=O) groups excluding carboxylic acids is 2. The van der Waals surface area contributed by atoms with Gasteiger partial charge in [0.1, 0.15) is 9.84 Å². The van der Waals surface area contributed by atoms with E-state index in [1.807, 2.05) is 32.0 Å². The van der Waals surface area contributed by atoms with E-state index < -0.39 is 49.9 Å². The molecule has 15 heteroatoms. The number of sulfonamides is 1. The van der Waals surface area contributed by atoms with Gasteiger partial charge < -0.3 is 20.1 Å². The highest BCUT2D eigenvalue weighted by Gasteiger charge is 2.32. The zero-order valence-electron chi connectivity index (χ0n) is 24.8. The minimum absolute atomic E-state index is 0.0634. The molecule has 43 heavy (non-hydrogen) atoms. The summed E-state index contributed by atoms with van der Waals surface area (Å²) in [5.74, 6) is -1.84. The second kappa shape index (κ2) is 14.3. The highest BCUT2D eigenvalue weighted by Crippen LogP contribution is 2.24. The van der Waals surface area contributed by atoms with Gasteiger partial charge in [-0.1, -0.05) is 51.1 Å². The summed E-state index contributed by atoms with van der Waals surface area (Å²) in [5.41, 5.74) is 1.56. The molecule has 0 bridgehead atoms. The number of sulfone groups is 1. The second-order valence-corrected chi connectivity index (χ2v) is 15.1. The lowest BCUT2D eigenvalue weighted by Gasteiger charge is -2.31. The van der Waals surface area contributed by atoms with Gasteiger partial charge in [0, 0.05) is 25.3 Å². The van der Waals surface area contributed by atoms with E-state index in [2.05, 4.69) is 25.3 Å². The van der Waals surface area contributed by atoms with Gasteiger partial charge >= 0.3 is 6.09 Å². The van der Waals surface area contributed by atoms with Gasteiger partial charge in [-0.2, -0.15) is 4.31 Å². The van der Waals surface area contributed by atoms with Crippen LogP contribution in [-0.4, -0.2) is 92.6 Å². The number of nitrogens with zero attached hydrogens (tertiary/aromatic N) is 2. The van der Waals surface area contributed by atoms with Gasteiger partial charge in [0.2, 0.25) is 21.9 Å². The third kappa shape index (κ3) is 9.74. The predicted octanol–water partition coefficient (Wildman–Crippen LogP) is 2.16. The summed E-state index contributed by atoms with van der Waals surface area (Å²) in [6.45, 7) is 4.90. The predicted molar refractivity (Wildman–Crippen MR) is 163 cm³/mol. The first-order valence-electron chi connectivity index (χ1n) is 13.6. The largest absolute Gasteiger partial charge is 0.453 e. The van der Waals surface area contributed by atoms with Crippen LogP contribution < -0.4 is 10.6 Å². The highest BCUT2D eigenvalue weighted by molar-refractivity contribution is 7.90. The van der Waals surface area contributed by atoms with Gasteiger partial charge in [-0.25, -0.2) is 26.6 Å². The molecule has 1 unspecified atom stereocenters. The number of ether oxygens (including phenoxy) is 1. The van der Waals surface area contributed by atoms with Crippen LogP contribution in [0.5, 0.6) is 0 Å². The molecule has 2 aromatic carbocycles. The summed E-state index contributed by atoms with van der Waals surface area (Å²) >= 11 is 0. The first-order chi connectivity index (χ1) is 20.1. The topological polar surface area (TPSA) is 188 Å². The van der Waals surface area contributed by atoms with E-state index in [4.69, 9.17) is 0 Å². The van der Waals surface area contributed by atoms with E-state index >= 15 is 0 Å². The maximum absolute atomic E-state index is 13.9. The molecular weight excluding hydrogens is 598 g/mol. The van der Waals surface area contributed by atoms with Crippen molar-refractivity contribution in [1.29, 1.82) is 0 Å². The molecule has 3 rings (SSSR count). The van der Waals surface area contributed by atoms with Gasteiger partial charge in [-0.3, -0.25) is 10.1 Å². The number of aromatic amines is 1. The molecule has 236 valence electrons. The van der Waals surface area contributed by atoms with E-state index in [1.165, 1.54) is 32.2 Å². The Hall–Kier alpha value is -3.53. The highest BCUT2D eigenvalue weighted by atomic mass is 32.2. The van der Waals surface area contributed by atoms with E-state index in [9.17, 15) is 31.5 Å². The number of aromatic nitrogens is 2. The van der Waals surface area contributed by atoms with Crippen LogP contribution in [-0.2, 0) is 35.8 Å². The van der Waals surface area contributed by atoms with Gasteiger partial charge in [0.15, 0.2) is 0 Å². The number of hydrogen-bond acceptors (Lipinski definition) is 9. The van der Waals surface area contributed by atoms with E-state index in [0.717, 1.165) is 16.1 Å². The maximum atomic E-state index is 13.9. The van der Waals surface area contributed by atoms with Crippen LogP contribution in [0.25, 0.3) is 11.0 Å².